The first-order valence-electron chi connectivity index (χ1n) is 8.32. The minimum Gasteiger partial charge on any atom is -0.346 e. The monoisotopic (exact) mass is 281 g/mol. The zero-order valence-corrected chi connectivity index (χ0v) is 13.1. The number of likely N-dealkylation sites (tertiary alicyclic amines) is 1. The van der Waals surface area contributed by atoms with Crippen molar-refractivity contribution in [2.45, 2.75) is 51.4 Å². The van der Waals surface area contributed by atoms with E-state index in [2.05, 4.69) is 4.90 Å². The lowest BCUT2D eigenvalue weighted by atomic mass is 9.77. The maximum atomic E-state index is 12.0. The number of carbonyl (C=O) groups excluding carboxylic acids is 1. The van der Waals surface area contributed by atoms with E-state index in [1.165, 1.54) is 51.6 Å². The molecule has 0 bridgehead atoms. The fourth-order valence-corrected chi connectivity index (χ4v) is 3.77. The predicted octanol–water partition coefficient (Wildman–Crippen LogP) is 1.84. The zero-order chi connectivity index (χ0) is 14.4. The molecule has 1 saturated heterocycles. The van der Waals surface area contributed by atoms with Gasteiger partial charge in [-0.15, -0.1) is 0 Å². The number of piperidine rings is 1. The van der Waals surface area contributed by atoms with E-state index in [-0.39, 0.29) is 5.91 Å². The minimum absolute atomic E-state index is 0.264. The van der Waals surface area contributed by atoms with Crippen LogP contribution in [-0.4, -0.2) is 55.5 Å². The molecule has 2 aliphatic rings. The van der Waals surface area contributed by atoms with Crippen LogP contribution in [0.15, 0.2) is 0 Å². The fourth-order valence-electron chi connectivity index (χ4n) is 3.77. The minimum atomic E-state index is 0.264. The number of nitrogens with two attached hydrogens (primary N) is 1. The second-order valence-corrected chi connectivity index (χ2v) is 6.76. The van der Waals surface area contributed by atoms with Crippen molar-refractivity contribution >= 4 is 5.91 Å². The van der Waals surface area contributed by atoms with Crippen molar-refractivity contribution in [1.29, 1.82) is 0 Å². The third kappa shape index (κ3) is 4.19. The molecule has 1 saturated carbocycles. The summed E-state index contributed by atoms with van der Waals surface area (Å²) in [4.78, 5) is 16.3. The molecule has 0 radical (unpaired) electrons. The van der Waals surface area contributed by atoms with E-state index in [1.807, 2.05) is 11.9 Å². The second-order valence-electron chi connectivity index (χ2n) is 6.76. The van der Waals surface area contributed by atoms with E-state index in [1.54, 1.807) is 0 Å². The van der Waals surface area contributed by atoms with Crippen LogP contribution in [0.4, 0.5) is 0 Å². The maximum absolute atomic E-state index is 12.0. The van der Waals surface area contributed by atoms with Crippen LogP contribution in [0.25, 0.3) is 0 Å². The van der Waals surface area contributed by atoms with Crippen molar-refractivity contribution in [3.8, 4) is 0 Å². The van der Waals surface area contributed by atoms with Gasteiger partial charge in [0.1, 0.15) is 0 Å². The van der Waals surface area contributed by atoms with Crippen molar-refractivity contribution < 1.29 is 4.79 Å². The van der Waals surface area contributed by atoms with Crippen molar-refractivity contribution in [2.24, 2.45) is 11.1 Å². The molecule has 0 atom stereocenters. The topological polar surface area (TPSA) is 49.6 Å². The first-order chi connectivity index (χ1) is 9.65. The normalized spacial score (nSPS) is 22.3. The molecule has 4 nitrogen and oxygen atoms in total. The number of hydrogen-bond acceptors (Lipinski definition) is 3. The Morgan fingerprint density at radius 1 is 1.20 bits per heavy atom. The van der Waals surface area contributed by atoms with Crippen LogP contribution in [0.1, 0.15) is 51.4 Å². The number of amides is 1. The molecule has 0 aromatic carbocycles. The number of nitrogens with zero attached hydrogens (tertiary/aromatic N) is 2. The summed E-state index contributed by atoms with van der Waals surface area (Å²) in [5.74, 6) is 0.264. The maximum Gasteiger partial charge on any atom is 0.223 e. The van der Waals surface area contributed by atoms with Crippen molar-refractivity contribution in [3.05, 3.63) is 0 Å². The van der Waals surface area contributed by atoms with E-state index >= 15 is 0 Å². The summed E-state index contributed by atoms with van der Waals surface area (Å²) in [6.07, 6.45) is 10.0. The Morgan fingerprint density at radius 3 is 2.45 bits per heavy atom. The fraction of sp³-hybridized carbons (Fsp3) is 0.938. The Morgan fingerprint density at radius 2 is 1.85 bits per heavy atom. The highest BCUT2D eigenvalue weighted by molar-refractivity contribution is 5.76. The molecule has 1 heterocycles. The summed E-state index contributed by atoms with van der Waals surface area (Å²) in [7, 11) is 1.89. The molecule has 1 spiro atoms. The van der Waals surface area contributed by atoms with Crippen LogP contribution in [0.3, 0.4) is 0 Å². The van der Waals surface area contributed by atoms with Gasteiger partial charge in [-0.2, -0.15) is 0 Å². The van der Waals surface area contributed by atoms with Gasteiger partial charge in [-0.1, -0.05) is 12.8 Å². The lowest BCUT2D eigenvalue weighted by Gasteiger charge is -2.39. The third-order valence-electron chi connectivity index (χ3n) is 5.35. The second kappa shape index (κ2) is 7.41. The van der Waals surface area contributed by atoms with E-state index < -0.39 is 0 Å². The molecule has 2 rings (SSSR count). The lowest BCUT2D eigenvalue weighted by Crippen LogP contribution is -2.40. The third-order valence-corrected chi connectivity index (χ3v) is 5.35. The Balaban J connectivity index is 1.64. The van der Waals surface area contributed by atoms with E-state index in [9.17, 15) is 4.79 Å². The standard InChI is InChI=1S/C16H31N3O/c1-18(11-4-10-17)15(20)5-12-19-13-8-16(9-14-19)6-2-3-7-16/h2-14,17H2,1H3. The highest BCUT2D eigenvalue weighted by Crippen LogP contribution is 2.45. The molecule has 0 aromatic heterocycles. The van der Waals surface area contributed by atoms with Crippen LogP contribution in [0.2, 0.25) is 0 Å². The summed E-state index contributed by atoms with van der Waals surface area (Å²) in [5.41, 5.74) is 6.16. The highest BCUT2D eigenvalue weighted by atomic mass is 16.2. The van der Waals surface area contributed by atoms with E-state index in [0.29, 0.717) is 18.4 Å². The van der Waals surface area contributed by atoms with Gasteiger partial charge in [0.15, 0.2) is 0 Å². The van der Waals surface area contributed by atoms with Gasteiger partial charge in [0.25, 0.3) is 0 Å². The Hall–Kier alpha value is -0.610. The van der Waals surface area contributed by atoms with Gasteiger partial charge >= 0.3 is 0 Å². The summed E-state index contributed by atoms with van der Waals surface area (Å²) in [6, 6.07) is 0. The molecular formula is C16H31N3O. The van der Waals surface area contributed by atoms with Crippen LogP contribution in [-0.2, 0) is 4.79 Å². The van der Waals surface area contributed by atoms with Gasteiger partial charge in [0.05, 0.1) is 0 Å². The van der Waals surface area contributed by atoms with Crippen molar-refractivity contribution in [2.75, 3.05) is 39.8 Å². The molecule has 1 aliphatic heterocycles. The molecule has 20 heavy (non-hydrogen) atoms. The van der Waals surface area contributed by atoms with Gasteiger partial charge in [0, 0.05) is 26.6 Å². The molecule has 116 valence electrons. The summed E-state index contributed by atoms with van der Waals surface area (Å²) in [5, 5.41) is 0. The first kappa shape index (κ1) is 15.8. The Labute approximate surface area is 123 Å². The zero-order valence-electron chi connectivity index (χ0n) is 13.1. The van der Waals surface area contributed by atoms with Gasteiger partial charge in [-0.3, -0.25) is 4.79 Å². The SMILES string of the molecule is CN(CCCN)C(=O)CCN1CCC2(CCCC2)CC1. The van der Waals surface area contributed by atoms with Crippen LogP contribution in [0.5, 0.6) is 0 Å². The summed E-state index contributed by atoms with van der Waals surface area (Å²) in [6.45, 7) is 4.77. The van der Waals surface area contributed by atoms with E-state index in [4.69, 9.17) is 5.73 Å². The van der Waals surface area contributed by atoms with Gasteiger partial charge < -0.3 is 15.5 Å². The van der Waals surface area contributed by atoms with Crippen LogP contribution in [0, 0.1) is 5.41 Å². The average molecular weight is 281 g/mol. The van der Waals surface area contributed by atoms with E-state index in [0.717, 1.165) is 19.5 Å². The van der Waals surface area contributed by atoms with Gasteiger partial charge in [-0.05, 0) is 57.2 Å². The average Bonchev–Trinajstić information content (AvgIpc) is 2.92. The first-order valence-corrected chi connectivity index (χ1v) is 8.32. The van der Waals surface area contributed by atoms with Gasteiger partial charge in [-0.25, -0.2) is 0 Å². The molecule has 1 aliphatic carbocycles. The number of rotatable bonds is 6. The Kier molecular flexibility index (Phi) is 5.85. The molecule has 2 fully saturated rings. The van der Waals surface area contributed by atoms with Crippen molar-refractivity contribution in [3.63, 3.8) is 0 Å². The van der Waals surface area contributed by atoms with Gasteiger partial charge in [0.2, 0.25) is 5.91 Å². The number of carbonyl (C=O) groups is 1. The molecule has 1 amide bonds. The molecule has 2 N–H and O–H groups in total. The smallest absolute Gasteiger partial charge is 0.223 e. The summed E-state index contributed by atoms with van der Waals surface area (Å²) >= 11 is 0. The number of hydrogen-bond donors (Lipinski definition) is 1. The van der Waals surface area contributed by atoms with Crippen LogP contribution >= 0.6 is 0 Å². The lowest BCUT2D eigenvalue weighted by molar-refractivity contribution is -0.130. The molecule has 0 aromatic rings. The van der Waals surface area contributed by atoms with Crippen molar-refractivity contribution in [1.82, 2.24) is 9.80 Å². The predicted molar refractivity (Wildman–Crippen MR) is 82.5 cm³/mol. The molecule has 0 unspecified atom stereocenters. The van der Waals surface area contributed by atoms with Crippen LogP contribution < -0.4 is 5.73 Å². The molecule has 4 heteroatoms. The largest absolute Gasteiger partial charge is 0.346 e. The summed E-state index contributed by atoms with van der Waals surface area (Å²) < 4.78 is 0. The molecular weight excluding hydrogens is 250 g/mol. The highest BCUT2D eigenvalue weighted by Gasteiger charge is 2.36. The Bertz CT molecular complexity index is 303. The quantitative estimate of drug-likeness (QED) is 0.808.